The molecule has 2 N–H and O–H groups in total. The van der Waals surface area contributed by atoms with Gasteiger partial charge in [0.2, 0.25) is 0 Å². The molecule has 0 aliphatic carbocycles. The Morgan fingerprint density at radius 1 is 1.04 bits per heavy atom. The van der Waals surface area contributed by atoms with Gasteiger partial charge in [0.1, 0.15) is 0 Å². The highest BCUT2D eigenvalue weighted by Gasteiger charge is 2.25. The van der Waals surface area contributed by atoms with Crippen molar-refractivity contribution < 1.29 is 0 Å². The van der Waals surface area contributed by atoms with E-state index in [1.54, 1.807) is 0 Å². The van der Waals surface area contributed by atoms with Crippen LogP contribution in [-0.2, 0) is 13.1 Å². The molecule has 2 aromatic heterocycles. The van der Waals surface area contributed by atoms with Crippen LogP contribution >= 0.6 is 0 Å². The Morgan fingerprint density at radius 2 is 1.88 bits per heavy atom. The number of benzene rings is 1. The van der Waals surface area contributed by atoms with E-state index in [0.717, 1.165) is 43.1 Å². The third kappa shape index (κ3) is 3.06. The molecular formula is C16H20N8. The number of hydrogen-bond acceptors (Lipinski definition) is 6. The fraction of sp³-hybridized carbons (Fsp3) is 0.375. The summed E-state index contributed by atoms with van der Waals surface area (Å²) in [5, 5.41) is 16.8. The minimum atomic E-state index is 0.349. The van der Waals surface area contributed by atoms with Gasteiger partial charge in [-0.2, -0.15) is 0 Å². The molecule has 0 spiro atoms. The standard InChI is InChI=1S/C16H20N8/c17-8-13-10-24(20-18-13)16-6-7-22(12-16)9-14-11-23(21-19-14)15-4-2-1-3-5-15/h1-5,10-11,16H,6-9,12,17H2. The van der Waals surface area contributed by atoms with E-state index in [4.69, 9.17) is 5.73 Å². The fourth-order valence-corrected chi connectivity index (χ4v) is 3.06. The Balaban J connectivity index is 1.39. The van der Waals surface area contributed by atoms with Crippen molar-refractivity contribution >= 4 is 0 Å². The molecule has 0 radical (unpaired) electrons. The van der Waals surface area contributed by atoms with Crippen molar-refractivity contribution in [1.82, 2.24) is 34.9 Å². The molecule has 8 nitrogen and oxygen atoms in total. The number of rotatable bonds is 5. The van der Waals surface area contributed by atoms with Crippen LogP contribution < -0.4 is 5.73 Å². The molecule has 3 aromatic rings. The summed E-state index contributed by atoms with van der Waals surface area (Å²) in [5.41, 5.74) is 8.42. The summed E-state index contributed by atoms with van der Waals surface area (Å²) in [6.45, 7) is 3.17. The second kappa shape index (κ2) is 6.50. The normalized spacial score (nSPS) is 18.3. The molecule has 0 saturated carbocycles. The summed E-state index contributed by atoms with van der Waals surface area (Å²) < 4.78 is 3.75. The van der Waals surface area contributed by atoms with Crippen LogP contribution in [-0.4, -0.2) is 48.0 Å². The Hall–Kier alpha value is -2.58. The molecule has 4 rings (SSSR count). The maximum absolute atomic E-state index is 5.60. The van der Waals surface area contributed by atoms with Crippen molar-refractivity contribution in [3.05, 3.63) is 54.1 Å². The first-order valence-corrected chi connectivity index (χ1v) is 8.11. The summed E-state index contributed by atoms with van der Waals surface area (Å²) in [6, 6.07) is 10.4. The smallest absolute Gasteiger partial charge is 0.0971 e. The summed E-state index contributed by atoms with van der Waals surface area (Å²) in [4.78, 5) is 2.37. The van der Waals surface area contributed by atoms with Crippen molar-refractivity contribution in [2.75, 3.05) is 13.1 Å². The van der Waals surface area contributed by atoms with Gasteiger partial charge in [0.25, 0.3) is 0 Å². The third-order valence-corrected chi connectivity index (χ3v) is 4.34. The highest BCUT2D eigenvalue weighted by Crippen LogP contribution is 2.22. The van der Waals surface area contributed by atoms with Crippen LogP contribution in [0.1, 0.15) is 23.9 Å². The number of aromatic nitrogens is 6. The predicted molar refractivity (Wildman–Crippen MR) is 88.2 cm³/mol. The van der Waals surface area contributed by atoms with Gasteiger partial charge in [0.05, 0.1) is 35.5 Å². The monoisotopic (exact) mass is 324 g/mol. The Morgan fingerprint density at radius 3 is 2.67 bits per heavy atom. The molecule has 0 amide bonds. The zero-order valence-electron chi connectivity index (χ0n) is 13.4. The molecule has 1 fully saturated rings. The maximum Gasteiger partial charge on any atom is 0.0971 e. The number of likely N-dealkylation sites (tertiary alicyclic amines) is 1. The number of nitrogens with zero attached hydrogens (tertiary/aromatic N) is 7. The molecule has 1 aromatic carbocycles. The zero-order chi connectivity index (χ0) is 16.4. The summed E-state index contributed by atoms with van der Waals surface area (Å²) in [6.07, 6.45) is 4.99. The first-order valence-electron chi connectivity index (χ1n) is 8.11. The van der Waals surface area contributed by atoms with Crippen LogP contribution in [0.3, 0.4) is 0 Å². The number of nitrogens with two attached hydrogens (primary N) is 1. The number of para-hydroxylation sites is 1. The maximum atomic E-state index is 5.60. The highest BCUT2D eigenvalue weighted by molar-refractivity contribution is 5.29. The summed E-state index contributed by atoms with van der Waals surface area (Å²) >= 11 is 0. The topological polar surface area (TPSA) is 90.7 Å². The second-order valence-electron chi connectivity index (χ2n) is 6.06. The Kier molecular flexibility index (Phi) is 4.06. The molecular weight excluding hydrogens is 304 g/mol. The van der Waals surface area contributed by atoms with Crippen molar-refractivity contribution in [3.63, 3.8) is 0 Å². The molecule has 0 bridgehead atoms. The van der Waals surface area contributed by atoms with E-state index >= 15 is 0 Å². The van der Waals surface area contributed by atoms with Crippen molar-refractivity contribution in [2.24, 2.45) is 5.73 Å². The van der Waals surface area contributed by atoms with Gasteiger partial charge >= 0.3 is 0 Å². The molecule has 1 unspecified atom stereocenters. The zero-order valence-corrected chi connectivity index (χ0v) is 13.4. The van der Waals surface area contributed by atoms with Crippen LogP contribution in [0.5, 0.6) is 0 Å². The molecule has 124 valence electrons. The van der Waals surface area contributed by atoms with Crippen molar-refractivity contribution in [1.29, 1.82) is 0 Å². The van der Waals surface area contributed by atoms with Crippen LogP contribution in [0, 0.1) is 0 Å². The molecule has 1 atom stereocenters. The van der Waals surface area contributed by atoms with Crippen LogP contribution in [0.15, 0.2) is 42.7 Å². The van der Waals surface area contributed by atoms with E-state index in [1.165, 1.54) is 0 Å². The first kappa shape index (κ1) is 15.0. The molecule has 8 heteroatoms. The van der Waals surface area contributed by atoms with Crippen LogP contribution in [0.25, 0.3) is 5.69 Å². The molecule has 1 aliphatic rings. The van der Waals surface area contributed by atoms with Crippen LogP contribution in [0.2, 0.25) is 0 Å². The quantitative estimate of drug-likeness (QED) is 0.745. The average Bonchev–Trinajstić information content (AvgIpc) is 3.36. The average molecular weight is 324 g/mol. The lowest BCUT2D eigenvalue weighted by Crippen LogP contribution is -2.21. The first-order chi connectivity index (χ1) is 11.8. The van der Waals surface area contributed by atoms with Gasteiger partial charge in [-0.1, -0.05) is 28.6 Å². The van der Waals surface area contributed by atoms with Crippen LogP contribution in [0.4, 0.5) is 0 Å². The van der Waals surface area contributed by atoms with E-state index < -0.39 is 0 Å². The van der Waals surface area contributed by atoms with Gasteiger partial charge in [-0.05, 0) is 18.6 Å². The van der Waals surface area contributed by atoms with E-state index in [2.05, 4.69) is 25.5 Å². The number of hydrogen-bond donors (Lipinski definition) is 1. The molecule has 1 aliphatic heterocycles. The minimum Gasteiger partial charge on any atom is -0.325 e. The summed E-state index contributed by atoms with van der Waals surface area (Å²) in [5.74, 6) is 0. The van der Waals surface area contributed by atoms with Gasteiger partial charge in [0.15, 0.2) is 0 Å². The van der Waals surface area contributed by atoms with Gasteiger partial charge in [-0.25, -0.2) is 9.36 Å². The predicted octanol–water partition coefficient (Wildman–Crippen LogP) is 0.764. The lowest BCUT2D eigenvalue weighted by molar-refractivity contribution is 0.307. The molecule has 3 heterocycles. The van der Waals surface area contributed by atoms with E-state index in [9.17, 15) is 0 Å². The van der Waals surface area contributed by atoms with Gasteiger partial charge in [-0.15, -0.1) is 10.2 Å². The lowest BCUT2D eigenvalue weighted by Gasteiger charge is -2.14. The molecule has 24 heavy (non-hydrogen) atoms. The van der Waals surface area contributed by atoms with E-state index in [0.29, 0.717) is 12.6 Å². The lowest BCUT2D eigenvalue weighted by atomic mass is 10.3. The fourth-order valence-electron chi connectivity index (χ4n) is 3.06. The minimum absolute atomic E-state index is 0.349. The second-order valence-corrected chi connectivity index (χ2v) is 6.06. The third-order valence-electron chi connectivity index (χ3n) is 4.34. The summed E-state index contributed by atoms with van der Waals surface area (Å²) in [7, 11) is 0. The SMILES string of the molecule is NCc1cn(C2CCN(Cc3cn(-c4ccccc4)nn3)C2)nn1. The van der Waals surface area contributed by atoms with Gasteiger partial charge in [0, 0.05) is 26.2 Å². The Labute approximate surface area is 139 Å². The highest BCUT2D eigenvalue weighted by atomic mass is 15.5. The van der Waals surface area contributed by atoms with Crippen molar-refractivity contribution in [2.45, 2.75) is 25.6 Å². The van der Waals surface area contributed by atoms with E-state index in [1.807, 2.05) is 52.1 Å². The molecule has 1 saturated heterocycles. The largest absolute Gasteiger partial charge is 0.325 e. The Bertz CT molecular complexity index is 793. The van der Waals surface area contributed by atoms with Gasteiger partial charge in [-0.3, -0.25) is 4.90 Å². The van der Waals surface area contributed by atoms with Crippen molar-refractivity contribution in [3.8, 4) is 5.69 Å². The van der Waals surface area contributed by atoms with Gasteiger partial charge < -0.3 is 5.73 Å². The van der Waals surface area contributed by atoms with E-state index in [-0.39, 0.29) is 0 Å².